The molecule has 0 aliphatic carbocycles. The summed E-state index contributed by atoms with van der Waals surface area (Å²) in [5, 5.41) is 0. The smallest absolute Gasteiger partial charge is 0.308 e. The molecule has 0 saturated carbocycles. The lowest BCUT2D eigenvalue weighted by atomic mass is 9.94. The molecule has 0 N–H and O–H groups in total. The second-order valence-corrected chi connectivity index (χ2v) is 7.75. The highest BCUT2D eigenvalue weighted by atomic mass is 16.5. The third kappa shape index (κ3) is 16.7. The van der Waals surface area contributed by atoms with E-state index in [4.69, 9.17) is 4.74 Å². The van der Waals surface area contributed by atoms with Gasteiger partial charge in [0.15, 0.2) is 0 Å². The molecule has 0 saturated heterocycles. The van der Waals surface area contributed by atoms with E-state index in [2.05, 4.69) is 13.8 Å². The zero-order chi connectivity index (χ0) is 18.6. The zero-order valence-corrected chi connectivity index (χ0v) is 17.6. The van der Waals surface area contributed by atoms with Crippen LogP contribution in [0.15, 0.2) is 0 Å². The molecule has 0 rings (SSSR count). The van der Waals surface area contributed by atoms with E-state index in [1.807, 2.05) is 0 Å². The van der Waals surface area contributed by atoms with Gasteiger partial charge in [0.2, 0.25) is 0 Å². The minimum Gasteiger partial charge on any atom is -0.469 e. The first-order chi connectivity index (χ1) is 12.3. The average molecular weight is 355 g/mol. The lowest BCUT2D eigenvalue weighted by Gasteiger charge is -2.14. The number of unbranched alkanes of at least 4 members (excludes halogenated alkanes) is 14. The van der Waals surface area contributed by atoms with Crippen LogP contribution in [0.25, 0.3) is 0 Å². The predicted octanol–water partition coefficient (Wildman–Crippen LogP) is 7.84. The molecular weight excluding hydrogens is 308 g/mol. The molecule has 0 spiro atoms. The van der Waals surface area contributed by atoms with Gasteiger partial charge in [0.25, 0.3) is 0 Å². The second kappa shape index (κ2) is 19.8. The number of hydrogen-bond donors (Lipinski definition) is 0. The normalized spacial score (nSPS) is 12.3. The first-order valence-electron chi connectivity index (χ1n) is 11.3. The van der Waals surface area contributed by atoms with Crippen molar-refractivity contribution in [1.82, 2.24) is 0 Å². The molecule has 0 heterocycles. The summed E-state index contributed by atoms with van der Waals surface area (Å²) >= 11 is 0. The van der Waals surface area contributed by atoms with Crippen molar-refractivity contribution in [3.05, 3.63) is 0 Å². The van der Waals surface area contributed by atoms with Gasteiger partial charge in [-0.3, -0.25) is 4.79 Å². The predicted molar refractivity (Wildman–Crippen MR) is 110 cm³/mol. The van der Waals surface area contributed by atoms with Crippen LogP contribution in [-0.2, 0) is 9.53 Å². The Morgan fingerprint density at radius 1 is 0.600 bits per heavy atom. The van der Waals surface area contributed by atoms with Crippen LogP contribution in [0.3, 0.4) is 0 Å². The third-order valence-corrected chi connectivity index (χ3v) is 5.35. The molecule has 150 valence electrons. The van der Waals surface area contributed by atoms with Gasteiger partial charge in [-0.1, -0.05) is 117 Å². The largest absolute Gasteiger partial charge is 0.469 e. The molecule has 0 aromatic heterocycles. The average Bonchev–Trinajstić information content (AvgIpc) is 2.63. The molecule has 1 unspecified atom stereocenters. The number of ether oxygens (including phenoxy) is 1. The lowest BCUT2D eigenvalue weighted by molar-refractivity contribution is -0.146. The Morgan fingerprint density at radius 3 is 1.32 bits per heavy atom. The highest BCUT2D eigenvalue weighted by molar-refractivity contribution is 5.72. The molecule has 0 aromatic rings. The van der Waals surface area contributed by atoms with E-state index >= 15 is 0 Å². The Kier molecular flexibility index (Phi) is 19.4. The summed E-state index contributed by atoms with van der Waals surface area (Å²) in [7, 11) is 1.53. The van der Waals surface area contributed by atoms with Crippen molar-refractivity contribution in [1.29, 1.82) is 0 Å². The summed E-state index contributed by atoms with van der Waals surface area (Å²) in [6, 6.07) is 0. The van der Waals surface area contributed by atoms with Crippen LogP contribution in [0.1, 0.15) is 129 Å². The summed E-state index contributed by atoms with van der Waals surface area (Å²) < 4.78 is 4.97. The maximum atomic E-state index is 11.8. The van der Waals surface area contributed by atoms with Crippen molar-refractivity contribution in [3.63, 3.8) is 0 Å². The van der Waals surface area contributed by atoms with Gasteiger partial charge in [-0.15, -0.1) is 0 Å². The highest BCUT2D eigenvalue weighted by Gasteiger charge is 2.17. The summed E-state index contributed by atoms with van der Waals surface area (Å²) in [4.78, 5) is 11.8. The fourth-order valence-electron chi connectivity index (χ4n) is 3.60. The third-order valence-electron chi connectivity index (χ3n) is 5.35. The van der Waals surface area contributed by atoms with Crippen LogP contribution >= 0.6 is 0 Å². The van der Waals surface area contributed by atoms with Gasteiger partial charge in [0.05, 0.1) is 13.0 Å². The standard InChI is InChI=1S/C23H46O2/c1-4-6-8-9-10-11-12-13-14-15-16-17-19-21-22(23(24)25-3)20-18-7-5-2/h22H,4-21H2,1-3H3. The molecule has 2 heteroatoms. The highest BCUT2D eigenvalue weighted by Crippen LogP contribution is 2.20. The molecule has 0 aliphatic heterocycles. The number of esters is 1. The minimum absolute atomic E-state index is 0.00930. The van der Waals surface area contributed by atoms with E-state index < -0.39 is 0 Å². The van der Waals surface area contributed by atoms with Gasteiger partial charge in [0.1, 0.15) is 0 Å². The molecule has 0 aliphatic rings. The van der Waals surface area contributed by atoms with Crippen molar-refractivity contribution in [2.24, 2.45) is 5.92 Å². The number of hydrogen-bond acceptors (Lipinski definition) is 2. The maximum Gasteiger partial charge on any atom is 0.308 e. The molecule has 0 bridgehead atoms. The Balaban J connectivity index is 3.43. The SMILES string of the molecule is CCCCCCCCCCCCCCCC(CCCCC)C(=O)OC. The zero-order valence-electron chi connectivity index (χ0n) is 17.6. The lowest BCUT2D eigenvalue weighted by Crippen LogP contribution is -2.16. The van der Waals surface area contributed by atoms with E-state index in [9.17, 15) is 4.79 Å². The second-order valence-electron chi connectivity index (χ2n) is 7.75. The van der Waals surface area contributed by atoms with E-state index in [0.717, 1.165) is 19.3 Å². The Morgan fingerprint density at radius 2 is 0.920 bits per heavy atom. The Hall–Kier alpha value is -0.530. The fraction of sp³-hybridized carbons (Fsp3) is 0.957. The van der Waals surface area contributed by atoms with Gasteiger partial charge in [-0.25, -0.2) is 0 Å². The Bertz CT molecular complexity index is 275. The number of rotatable bonds is 19. The first kappa shape index (κ1) is 24.5. The van der Waals surface area contributed by atoms with Gasteiger partial charge in [-0.2, -0.15) is 0 Å². The summed E-state index contributed by atoms with van der Waals surface area (Å²) in [6.07, 6.45) is 23.5. The topological polar surface area (TPSA) is 26.3 Å². The van der Waals surface area contributed by atoms with Crippen LogP contribution in [0.2, 0.25) is 0 Å². The van der Waals surface area contributed by atoms with Crippen molar-refractivity contribution < 1.29 is 9.53 Å². The van der Waals surface area contributed by atoms with Gasteiger partial charge in [0, 0.05) is 0 Å². The van der Waals surface area contributed by atoms with Crippen molar-refractivity contribution in [2.45, 2.75) is 129 Å². The molecule has 25 heavy (non-hydrogen) atoms. The monoisotopic (exact) mass is 354 g/mol. The maximum absolute atomic E-state index is 11.8. The minimum atomic E-state index is 0.00930. The number of methoxy groups -OCH3 is 1. The quantitative estimate of drug-likeness (QED) is 0.174. The van der Waals surface area contributed by atoms with E-state index in [-0.39, 0.29) is 11.9 Å². The van der Waals surface area contributed by atoms with Crippen LogP contribution in [-0.4, -0.2) is 13.1 Å². The number of carbonyl (C=O) groups is 1. The van der Waals surface area contributed by atoms with Crippen molar-refractivity contribution >= 4 is 5.97 Å². The summed E-state index contributed by atoms with van der Waals surface area (Å²) in [5.74, 6) is 0.152. The molecule has 1 atom stereocenters. The van der Waals surface area contributed by atoms with Gasteiger partial charge >= 0.3 is 5.97 Å². The molecule has 2 nitrogen and oxygen atoms in total. The van der Waals surface area contributed by atoms with Crippen LogP contribution < -0.4 is 0 Å². The van der Waals surface area contributed by atoms with Crippen LogP contribution in [0, 0.1) is 5.92 Å². The molecule has 0 amide bonds. The van der Waals surface area contributed by atoms with Crippen molar-refractivity contribution in [3.8, 4) is 0 Å². The van der Waals surface area contributed by atoms with E-state index in [1.165, 1.54) is 103 Å². The summed E-state index contributed by atoms with van der Waals surface area (Å²) in [5.41, 5.74) is 0. The summed E-state index contributed by atoms with van der Waals surface area (Å²) in [6.45, 7) is 4.49. The fourth-order valence-corrected chi connectivity index (χ4v) is 3.60. The van der Waals surface area contributed by atoms with Crippen molar-refractivity contribution in [2.75, 3.05) is 7.11 Å². The van der Waals surface area contributed by atoms with Crippen LogP contribution in [0.4, 0.5) is 0 Å². The molecular formula is C23H46O2. The number of carbonyl (C=O) groups excluding carboxylic acids is 1. The van der Waals surface area contributed by atoms with Gasteiger partial charge in [-0.05, 0) is 12.8 Å². The Labute approximate surface area is 158 Å². The molecule has 0 aromatic carbocycles. The first-order valence-corrected chi connectivity index (χ1v) is 11.3. The van der Waals surface area contributed by atoms with Crippen LogP contribution in [0.5, 0.6) is 0 Å². The van der Waals surface area contributed by atoms with Gasteiger partial charge < -0.3 is 4.74 Å². The molecule has 0 fully saturated rings. The molecule has 0 radical (unpaired) electrons. The van der Waals surface area contributed by atoms with E-state index in [1.54, 1.807) is 0 Å². The van der Waals surface area contributed by atoms with E-state index in [0.29, 0.717) is 0 Å².